The van der Waals surface area contributed by atoms with E-state index >= 15 is 0 Å². The number of ether oxygens (including phenoxy) is 1. The molecule has 0 fully saturated rings. The average molecular weight is 391 g/mol. The van der Waals surface area contributed by atoms with Crippen LogP contribution in [0.4, 0.5) is 0 Å². The van der Waals surface area contributed by atoms with Crippen LogP contribution in [-0.2, 0) is 0 Å². The van der Waals surface area contributed by atoms with Crippen LogP contribution in [-0.4, -0.2) is 16.9 Å². The summed E-state index contributed by atoms with van der Waals surface area (Å²) in [5.74, 6) is 0.732. The zero-order valence-electron chi connectivity index (χ0n) is 16.2. The van der Waals surface area contributed by atoms with Crippen molar-refractivity contribution in [1.29, 1.82) is 5.26 Å². The maximum atomic E-state index is 9.14. The first-order valence-electron chi connectivity index (χ1n) is 9.49. The van der Waals surface area contributed by atoms with Crippen molar-refractivity contribution < 1.29 is 9.15 Å². The lowest BCUT2D eigenvalue weighted by Gasteiger charge is -2.12. The van der Waals surface area contributed by atoms with Crippen LogP contribution >= 0.6 is 0 Å². The predicted octanol–water partition coefficient (Wildman–Crippen LogP) is 5.83. The van der Waals surface area contributed by atoms with Crippen LogP contribution in [0.5, 0.6) is 5.75 Å². The van der Waals surface area contributed by atoms with Gasteiger partial charge in [-0.25, -0.2) is 4.68 Å². The standard InChI is InChI=1S/C25H17N3O2/c1-29-25-20(11-12-24-21(25)13-14-30-24)23-15-22(18-5-3-2-4-6-18)27-28(23)19-9-7-17(16-26)8-10-19/h2-15H,1H3. The van der Waals surface area contributed by atoms with Crippen molar-refractivity contribution in [2.75, 3.05) is 7.11 Å². The second kappa shape index (κ2) is 7.26. The lowest BCUT2D eigenvalue weighted by Crippen LogP contribution is -2.00. The molecule has 0 saturated heterocycles. The summed E-state index contributed by atoms with van der Waals surface area (Å²) in [6, 6.07) is 27.4. The first kappa shape index (κ1) is 17.8. The van der Waals surface area contributed by atoms with Crippen LogP contribution in [0.3, 0.4) is 0 Å². The van der Waals surface area contributed by atoms with E-state index in [1.165, 1.54) is 0 Å². The van der Waals surface area contributed by atoms with E-state index in [0.717, 1.165) is 44.9 Å². The lowest BCUT2D eigenvalue weighted by molar-refractivity contribution is 0.421. The number of hydrogen-bond acceptors (Lipinski definition) is 4. The van der Waals surface area contributed by atoms with E-state index in [4.69, 9.17) is 19.5 Å². The number of benzene rings is 3. The molecule has 0 unspecified atom stereocenters. The Balaban J connectivity index is 1.76. The maximum Gasteiger partial charge on any atom is 0.139 e. The van der Waals surface area contributed by atoms with E-state index < -0.39 is 0 Å². The predicted molar refractivity (Wildman–Crippen MR) is 115 cm³/mol. The van der Waals surface area contributed by atoms with Crippen LogP contribution in [0.2, 0.25) is 0 Å². The molecule has 5 nitrogen and oxygen atoms in total. The highest BCUT2D eigenvalue weighted by Gasteiger charge is 2.19. The summed E-state index contributed by atoms with van der Waals surface area (Å²) in [6.45, 7) is 0. The van der Waals surface area contributed by atoms with Gasteiger partial charge >= 0.3 is 0 Å². The Labute approximate surface area is 173 Å². The molecule has 5 aromatic rings. The molecule has 0 aliphatic rings. The van der Waals surface area contributed by atoms with Gasteiger partial charge in [0.25, 0.3) is 0 Å². The highest BCUT2D eigenvalue weighted by atomic mass is 16.5. The first-order chi connectivity index (χ1) is 14.8. The van der Waals surface area contributed by atoms with Crippen molar-refractivity contribution in [3.8, 4) is 40.0 Å². The van der Waals surface area contributed by atoms with Gasteiger partial charge in [-0.3, -0.25) is 0 Å². The minimum atomic E-state index is 0.605. The van der Waals surface area contributed by atoms with Gasteiger partial charge in [-0.05, 0) is 48.5 Å². The molecule has 5 heteroatoms. The number of nitrogens with zero attached hydrogens (tertiary/aromatic N) is 3. The summed E-state index contributed by atoms with van der Waals surface area (Å²) in [5, 5.41) is 14.9. The smallest absolute Gasteiger partial charge is 0.139 e. The molecular weight excluding hydrogens is 374 g/mol. The molecule has 3 aromatic carbocycles. The molecule has 0 saturated carbocycles. The highest BCUT2D eigenvalue weighted by Crippen LogP contribution is 2.39. The molecule has 0 radical (unpaired) electrons. The first-order valence-corrected chi connectivity index (χ1v) is 9.49. The molecular formula is C25H17N3O2. The number of aromatic nitrogens is 2. The van der Waals surface area contributed by atoms with Gasteiger partial charge in [0, 0.05) is 11.1 Å². The number of rotatable bonds is 4. The van der Waals surface area contributed by atoms with Crippen molar-refractivity contribution in [3.05, 3.63) is 90.7 Å². The van der Waals surface area contributed by atoms with Gasteiger partial charge in [0.1, 0.15) is 11.3 Å². The number of methoxy groups -OCH3 is 1. The van der Waals surface area contributed by atoms with Gasteiger partial charge < -0.3 is 9.15 Å². The number of fused-ring (bicyclic) bond motifs is 1. The summed E-state index contributed by atoms with van der Waals surface area (Å²) in [5.41, 5.74) is 5.90. The molecule has 30 heavy (non-hydrogen) atoms. The quantitative estimate of drug-likeness (QED) is 0.386. The van der Waals surface area contributed by atoms with Crippen molar-refractivity contribution in [2.24, 2.45) is 0 Å². The molecule has 0 amide bonds. The third-order valence-corrected chi connectivity index (χ3v) is 5.09. The fourth-order valence-electron chi connectivity index (χ4n) is 3.64. The third-order valence-electron chi connectivity index (χ3n) is 5.09. The van der Waals surface area contributed by atoms with E-state index in [9.17, 15) is 0 Å². The Morgan fingerprint density at radius 1 is 0.967 bits per heavy atom. The van der Waals surface area contributed by atoms with Crippen LogP contribution in [0.15, 0.2) is 89.5 Å². The number of nitriles is 1. The fraction of sp³-hybridized carbons (Fsp3) is 0.0400. The van der Waals surface area contributed by atoms with Gasteiger partial charge in [0.2, 0.25) is 0 Å². The highest BCUT2D eigenvalue weighted by molar-refractivity contribution is 5.92. The molecule has 0 spiro atoms. The molecule has 0 atom stereocenters. The molecule has 0 bridgehead atoms. The fourth-order valence-corrected chi connectivity index (χ4v) is 3.64. The van der Waals surface area contributed by atoms with Gasteiger partial charge in [0.05, 0.1) is 47.5 Å². The van der Waals surface area contributed by atoms with Gasteiger partial charge in [-0.2, -0.15) is 10.4 Å². The zero-order valence-corrected chi connectivity index (χ0v) is 16.2. The van der Waals surface area contributed by atoms with Crippen LogP contribution < -0.4 is 4.74 Å². The van der Waals surface area contributed by atoms with Crippen molar-refractivity contribution in [1.82, 2.24) is 9.78 Å². The Kier molecular flexibility index (Phi) is 4.30. The third kappa shape index (κ3) is 2.92. The molecule has 0 N–H and O–H groups in total. The van der Waals surface area contributed by atoms with Crippen molar-refractivity contribution in [3.63, 3.8) is 0 Å². The van der Waals surface area contributed by atoms with E-state index in [1.54, 1.807) is 25.5 Å². The summed E-state index contributed by atoms with van der Waals surface area (Å²) in [4.78, 5) is 0. The van der Waals surface area contributed by atoms with E-state index in [1.807, 2.05) is 65.3 Å². The van der Waals surface area contributed by atoms with E-state index in [2.05, 4.69) is 12.1 Å². The minimum Gasteiger partial charge on any atom is -0.495 e. The normalized spacial score (nSPS) is 10.8. The SMILES string of the molecule is COc1c(-c2cc(-c3ccccc3)nn2-c2ccc(C#N)cc2)ccc2occc12. The number of hydrogen-bond donors (Lipinski definition) is 0. The Bertz CT molecular complexity index is 1370. The van der Waals surface area contributed by atoms with E-state index in [0.29, 0.717) is 5.56 Å². The monoisotopic (exact) mass is 391 g/mol. The molecule has 2 heterocycles. The van der Waals surface area contributed by atoms with Crippen LogP contribution in [0.25, 0.3) is 39.2 Å². The molecule has 2 aromatic heterocycles. The molecule has 144 valence electrons. The van der Waals surface area contributed by atoms with E-state index in [-0.39, 0.29) is 0 Å². The second-order valence-electron chi connectivity index (χ2n) is 6.83. The summed E-state index contributed by atoms with van der Waals surface area (Å²) >= 11 is 0. The van der Waals surface area contributed by atoms with Crippen LogP contribution in [0, 0.1) is 11.3 Å². The van der Waals surface area contributed by atoms with Gasteiger partial charge in [0.15, 0.2) is 0 Å². The number of furan rings is 1. The summed E-state index contributed by atoms with van der Waals surface area (Å²) in [6.07, 6.45) is 1.66. The maximum absolute atomic E-state index is 9.14. The Hall–Kier alpha value is -4.30. The Morgan fingerprint density at radius 2 is 1.77 bits per heavy atom. The molecule has 0 aliphatic heterocycles. The topological polar surface area (TPSA) is 64.0 Å². The second-order valence-corrected chi connectivity index (χ2v) is 6.83. The van der Waals surface area contributed by atoms with Gasteiger partial charge in [-0.1, -0.05) is 30.3 Å². The molecule has 0 aliphatic carbocycles. The average Bonchev–Trinajstić information content (AvgIpc) is 3.46. The van der Waals surface area contributed by atoms with Crippen LogP contribution in [0.1, 0.15) is 5.56 Å². The summed E-state index contributed by atoms with van der Waals surface area (Å²) < 4.78 is 13.2. The van der Waals surface area contributed by atoms with Crippen molar-refractivity contribution >= 4 is 11.0 Å². The molecule has 5 rings (SSSR count). The zero-order chi connectivity index (χ0) is 20.5. The lowest BCUT2D eigenvalue weighted by atomic mass is 10.1. The minimum absolute atomic E-state index is 0.605. The largest absolute Gasteiger partial charge is 0.495 e. The van der Waals surface area contributed by atoms with Crippen molar-refractivity contribution in [2.45, 2.75) is 0 Å². The Morgan fingerprint density at radius 3 is 2.50 bits per heavy atom. The summed E-state index contributed by atoms with van der Waals surface area (Å²) in [7, 11) is 1.66. The van der Waals surface area contributed by atoms with Gasteiger partial charge in [-0.15, -0.1) is 0 Å².